The molecule has 0 saturated heterocycles. The fraction of sp³-hybridized carbons (Fsp3) is 0.333. The SMILES string of the molecule is CCNC(=O)C(C)OC(=O)c1cc(N)c(Cl)c(Cl)c1. The summed E-state index contributed by atoms with van der Waals surface area (Å²) in [6, 6.07) is 2.69. The molecule has 0 aromatic heterocycles. The van der Waals surface area contributed by atoms with Crippen molar-refractivity contribution in [1.82, 2.24) is 5.32 Å². The lowest BCUT2D eigenvalue weighted by molar-refractivity contribution is -0.128. The molecule has 0 fully saturated rings. The number of esters is 1. The lowest BCUT2D eigenvalue weighted by atomic mass is 10.2. The van der Waals surface area contributed by atoms with E-state index in [0.29, 0.717) is 6.54 Å². The van der Waals surface area contributed by atoms with Gasteiger partial charge in [0, 0.05) is 6.54 Å². The molecule has 0 heterocycles. The lowest BCUT2D eigenvalue weighted by Crippen LogP contribution is -2.35. The van der Waals surface area contributed by atoms with Crippen LogP contribution >= 0.6 is 23.2 Å². The number of carbonyl (C=O) groups is 2. The summed E-state index contributed by atoms with van der Waals surface area (Å²) in [7, 11) is 0. The first-order valence-corrected chi connectivity index (χ1v) is 6.35. The van der Waals surface area contributed by atoms with Gasteiger partial charge in [0.15, 0.2) is 6.10 Å². The fourth-order valence-corrected chi connectivity index (χ4v) is 1.66. The molecule has 1 unspecified atom stereocenters. The molecule has 0 bridgehead atoms. The number of halogens is 2. The molecule has 1 aromatic carbocycles. The van der Waals surface area contributed by atoms with Gasteiger partial charge in [-0.1, -0.05) is 23.2 Å². The predicted octanol–water partition coefficient (Wildman–Crippen LogP) is 2.26. The Hall–Kier alpha value is -1.46. The van der Waals surface area contributed by atoms with E-state index < -0.39 is 12.1 Å². The summed E-state index contributed by atoms with van der Waals surface area (Å²) < 4.78 is 4.99. The van der Waals surface area contributed by atoms with Crippen molar-refractivity contribution in [3.8, 4) is 0 Å². The largest absolute Gasteiger partial charge is 0.449 e. The number of benzene rings is 1. The van der Waals surface area contributed by atoms with E-state index in [1.165, 1.54) is 19.1 Å². The zero-order chi connectivity index (χ0) is 14.6. The number of hydrogen-bond donors (Lipinski definition) is 2. The highest BCUT2D eigenvalue weighted by molar-refractivity contribution is 6.43. The van der Waals surface area contributed by atoms with Crippen LogP contribution in [0.25, 0.3) is 0 Å². The molecule has 1 rings (SSSR count). The van der Waals surface area contributed by atoms with Gasteiger partial charge >= 0.3 is 5.97 Å². The van der Waals surface area contributed by atoms with Crippen LogP contribution in [0.2, 0.25) is 10.0 Å². The topological polar surface area (TPSA) is 81.4 Å². The van der Waals surface area contributed by atoms with E-state index >= 15 is 0 Å². The molecular formula is C12H14Cl2N2O3. The zero-order valence-corrected chi connectivity index (χ0v) is 12.0. The average Bonchev–Trinajstić information content (AvgIpc) is 2.35. The minimum Gasteiger partial charge on any atom is -0.449 e. The third-order valence-electron chi connectivity index (χ3n) is 2.30. The zero-order valence-electron chi connectivity index (χ0n) is 10.5. The Kier molecular flexibility index (Phi) is 5.44. The number of likely N-dealkylation sites (N-methyl/N-ethyl adjacent to an activating group) is 1. The molecule has 1 amide bonds. The second kappa shape index (κ2) is 6.63. The molecule has 7 heteroatoms. The van der Waals surface area contributed by atoms with Crippen LogP contribution in [0.4, 0.5) is 5.69 Å². The third-order valence-corrected chi connectivity index (χ3v) is 3.11. The molecule has 0 radical (unpaired) electrons. The Labute approximate surface area is 121 Å². The minimum atomic E-state index is -0.900. The molecule has 104 valence electrons. The number of anilines is 1. The van der Waals surface area contributed by atoms with Crippen molar-refractivity contribution in [2.75, 3.05) is 12.3 Å². The summed E-state index contributed by atoms with van der Waals surface area (Å²) in [5, 5.41) is 2.87. The summed E-state index contributed by atoms with van der Waals surface area (Å²) >= 11 is 11.6. The summed E-state index contributed by atoms with van der Waals surface area (Å²) in [5.41, 5.74) is 5.91. The molecule has 0 aliphatic heterocycles. The molecular weight excluding hydrogens is 291 g/mol. The van der Waals surface area contributed by atoms with Crippen molar-refractivity contribution in [2.24, 2.45) is 0 Å². The van der Waals surface area contributed by atoms with Gasteiger partial charge in [-0.25, -0.2) is 4.79 Å². The Bertz CT molecular complexity index is 483. The minimum absolute atomic E-state index is 0.142. The van der Waals surface area contributed by atoms with Crippen molar-refractivity contribution in [3.05, 3.63) is 27.7 Å². The van der Waals surface area contributed by atoms with Crippen LogP contribution in [0.5, 0.6) is 0 Å². The first-order chi connectivity index (χ1) is 8.86. The summed E-state index contributed by atoms with van der Waals surface area (Å²) in [6.07, 6.45) is -0.900. The van der Waals surface area contributed by atoms with Gasteiger partial charge < -0.3 is 15.8 Å². The Morgan fingerprint density at radius 3 is 2.58 bits per heavy atom. The molecule has 3 N–H and O–H groups in total. The van der Waals surface area contributed by atoms with E-state index in [1.807, 2.05) is 0 Å². The van der Waals surface area contributed by atoms with Crippen LogP contribution in [0, 0.1) is 0 Å². The monoisotopic (exact) mass is 304 g/mol. The molecule has 0 aliphatic rings. The van der Waals surface area contributed by atoms with Gasteiger partial charge in [-0.3, -0.25) is 4.79 Å². The van der Waals surface area contributed by atoms with Crippen molar-refractivity contribution in [3.63, 3.8) is 0 Å². The van der Waals surface area contributed by atoms with E-state index in [1.54, 1.807) is 6.92 Å². The second-order valence-electron chi connectivity index (χ2n) is 3.80. The number of nitrogen functional groups attached to an aromatic ring is 1. The lowest BCUT2D eigenvalue weighted by Gasteiger charge is -2.13. The van der Waals surface area contributed by atoms with Crippen molar-refractivity contribution < 1.29 is 14.3 Å². The molecule has 0 spiro atoms. The molecule has 1 atom stereocenters. The quantitative estimate of drug-likeness (QED) is 0.660. The van der Waals surface area contributed by atoms with E-state index in [2.05, 4.69) is 5.32 Å². The van der Waals surface area contributed by atoms with E-state index in [4.69, 9.17) is 33.7 Å². The van der Waals surface area contributed by atoms with Gasteiger partial charge in [0.05, 0.1) is 21.3 Å². The maximum atomic E-state index is 11.8. The number of amides is 1. The highest BCUT2D eigenvalue weighted by atomic mass is 35.5. The number of nitrogens with one attached hydrogen (secondary N) is 1. The molecule has 5 nitrogen and oxygen atoms in total. The Morgan fingerprint density at radius 1 is 1.42 bits per heavy atom. The Morgan fingerprint density at radius 2 is 2.05 bits per heavy atom. The van der Waals surface area contributed by atoms with Crippen molar-refractivity contribution in [2.45, 2.75) is 20.0 Å². The molecule has 1 aromatic rings. The molecule has 19 heavy (non-hydrogen) atoms. The van der Waals surface area contributed by atoms with Crippen LogP contribution in [0.1, 0.15) is 24.2 Å². The highest BCUT2D eigenvalue weighted by Crippen LogP contribution is 2.29. The molecule has 0 saturated carbocycles. The molecule has 0 aliphatic carbocycles. The average molecular weight is 305 g/mol. The normalized spacial score (nSPS) is 11.8. The highest BCUT2D eigenvalue weighted by Gasteiger charge is 2.19. The van der Waals surface area contributed by atoms with Crippen LogP contribution in [0.3, 0.4) is 0 Å². The predicted molar refractivity (Wildman–Crippen MR) is 74.4 cm³/mol. The second-order valence-corrected chi connectivity index (χ2v) is 4.59. The third kappa shape index (κ3) is 4.01. The first kappa shape index (κ1) is 15.6. The standard InChI is InChI=1S/C12H14Cl2N2O3/c1-3-16-11(17)6(2)19-12(18)7-4-8(13)10(14)9(15)5-7/h4-6H,3,15H2,1-2H3,(H,16,17). The first-order valence-electron chi connectivity index (χ1n) is 5.60. The van der Waals surface area contributed by atoms with Crippen molar-refractivity contribution >= 4 is 40.8 Å². The van der Waals surface area contributed by atoms with Gasteiger partial charge in [-0.05, 0) is 26.0 Å². The number of hydrogen-bond acceptors (Lipinski definition) is 4. The van der Waals surface area contributed by atoms with Crippen LogP contribution in [0.15, 0.2) is 12.1 Å². The smallest absolute Gasteiger partial charge is 0.339 e. The van der Waals surface area contributed by atoms with Gasteiger partial charge in [0.25, 0.3) is 5.91 Å². The van der Waals surface area contributed by atoms with Gasteiger partial charge in [0.1, 0.15) is 0 Å². The summed E-state index contributed by atoms with van der Waals surface area (Å²) in [4.78, 5) is 23.3. The number of nitrogens with two attached hydrogens (primary N) is 1. The van der Waals surface area contributed by atoms with Gasteiger partial charge in [-0.15, -0.1) is 0 Å². The number of rotatable bonds is 4. The van der Waals surface area contributed by atoms with Crippen LogP contribution < -0.4 is 11.1 Å². The summed E-state index contributed by atoms with van der Waals surface area (Å²) in [5.74, 6) is -1.06. The maximum absolute atomic E-state index is 11.8. The number of carbonyl (C=O) groups excluding carboxylic acids is 2. The van der Waals surface area contributed by atoms with E-state index in [-0.39, 0.29) is 27.2 Å². The van der Waals surface area contributed by atoms with Crippen molar-refractivity contribution in [1.29, 1.82) is 0 Å². The summed E-state index contributed by atoms with van der Waals surface area (Å²) in [6.45, 7) is 3.70. The fourth-order valence-electron chi connectivity index (χ4n) is 1.33. The number of ether oxygens (including phenoxy) is 1. The van der Waals surface area contributed by atoms with Gasteiger partial charge in [-0.2, -0.15) is 0 Å². The van der Waals surface area contributed by atoms with E-state index in [0.717, 1.165) is 0 Å². The Balaban J connectivity index is 2.82. The van der Waals surface area contributed by atoms with Gasteiger partial charge in [0.2, 0.25) is 0 Å². The maximum Gasteiger partial charge on any atom is 0.339 e. The van der Waals surface area contributed by atoms with Crippen LogP contribution in [-0.4, -0.2) is 24.5 Å². The van der Waals surface area contributed by atoms with Crippen LogP contribution in [-0.2, 0) is 9.53 Å². The van der Waals surface area contributed by atoms with E-state index in [9.17, 15) is 9.59 Å².